The summed E-state index contributed by atoms with van der Waals surface area (Å²) in [6.45, 7) is 0.459. The molecule has 0 bridgehead atoms. The van der Waals surface area contributed by atoms with Crippen LogP contribution in [0.25, 0.3) is 0 Å². The quantitative estimate of drug-likeness (QED) is 0.816. The predicted molar refractivity (Wildman–Crippen MR) is 82.5 cm³/mol. The summed E-state index contributed by atoms with van der Waals surface area (Å²) in [4.78, 5) is 12.7. The fourth-order valence-electron chi connectivity index (χ4n) is 2.70. The van der Waals surface area contributed by atoms with Gasteiger partial charge >= 0.3 is 0 Å². The highest BCUT2D eigenvalue weighted by atomic mass is 32.1. The zero-order valence-electron chi connectivity index (χ0n) is 11.6. The highest BCUT2D eigenvalue weighted by molar-refractivity contribution is 7.80. The summed E-state index contributed by atoms with van der Waals surface area (Å²) >= 11 is 5.11. The Morgan fingerprint density at radius 1 is 1.45 bits per heavy atom. The highest BCUT2D eigenvalue weighted by Crippen LogP contribution is 2.38. The molecule has 0 unspecified atom stereocenters. The maximum Gasteiger partial charge on any atom is 0.233 e. The van der Waals surface area contributed by atoms with Crippen LogP contribution in [0.2, 0.25) is 0 Å². The molecule has 0 aromatic heterocycles. The minimum absolute atomic E-state index is 0.0506. The lowest BCUT2D eigenvalue weighted by atomic mass is 9.85. The van der Waals surface area contributed by atoms with Crippen molar-refractivity contribution in [3.8, 4) is 5.75 Å². The first-order valence-electron chi connectivity index (χ1n) is 6.79. The summed E-state index contributed by atoms with van der Waals surface area (Å²) in [6.07, 6.45) is 3.52. The number of ether oxygens (including phenoxy) is 1. The maximum absolute atomic E-state index is 12.4. The van der Waals surface area contributed by atoms with E-state index in [1.54, 1.807) is 7.11 Å². The van der Waals surface area contributed by atoms with E-state index in [0.717, 1.165) is 37.0 Å². The fraction of sp³-hybridized carbons (Fsp3) is 0.467. The number of amides is 1. The van der Waals surface area contributed by atoms with Crippen LogP contribution in [-0.4, -0.2) is 18.0 Å². The van der Waals surface area contributed by atoms with Gasteiger partial charge in [0.15, 0.2) is 0 Å². The van der Waals surface area contributed by atoms with Crippen LogP contribution in [0, 0.1) is 5.41 Å². The van der Waals surface area contributed by atoms with Gasteiger partial charge in [0.1, 0.15) is 5.75 Å². The van der Waals surface area contributed by atoms with Gasteiger partial charge in [-0.15, -0.1) is 0 Å². The summed E-state index contributed by atoms with van der Waals surface area (Å²) in [5.41, 5.74) is 6.15. The van der Waals surface area contributed by atoms with Gasteiger partial charge in [-0.1, -0.05) is 37.2 Å². The minimum Gasteiger partial charge on any atom is -0.497 e. The maximum atomic E-state index is 12.4. The Morgan fingerprint density at radius 2 is 2.15 bits per heavy atom. The van der Waals surface area contributed by atoms with Gasteiger partial charge < -0.3 is 15.8 Å². The number of methoxy groups -OCH3 is 1. The normalized spacial score (nSPS) is 16.6. The Bertz CT molecular complexity index is 510. The summed E-state index contributed by atoms with van der Waals surface area (Å²) in [5.74, 6) is 0.729. The van der Waals surface area contributed by atoms with Crippen molar-refractivity contribution < 1.29 is 9.53 Å². The van der Waals surface area contributed by atoms with E-state index in [1.165, 1.54) is 0 Å². The fourth-order valence-corrected chi connectivity index (χ4v) is 2.99. The zero-order valence-corrected chi connectivity index (χ0v) is 12.5. The number of benzene rings is 1. The molecule has 5 heteroatoms. The van der Waals surface area contributed by atoms with E-state index in [0.29, 0.717) is 11.5 Å². The summed E-state index contributed by atoms with van der Waals surface area (Å²) in [6, 6.07) is 7.63. The van der Waals surface area contributed by atoms with Gasteiger partial charge in [-0.05, 0) is 30.5 Å². The smallest absolute Gasteiger partial charge is 0.233 e. The summed E-state index contributed by atoms with van der Waals surface area (Å²) in [5, 5.41) is 2.95. The Hall–Kier alpha value is -1.62. The number of hydrogen-bond acceptors (Lipinski definition) is 3. The molecule has 20 heavy (non-hydrogen) atoms. The van der Waals surface area contributed by atoms with Crippen molar-refractivity contribution in [2.45, 2.75) is 32.2 Å². The van der Waals surface area contributed by atoms with Gasteiger partial charge in [-0.2, -0.15) is 0 Å². The first-order valence-corrected chi connectivity index (χ1v) is 7.20. The molecule has 0 aliphatic heterocycles. The van der Waals surface area contributed by atoms with Gasteiger partial charge in [0.25, 0.3) is 0 Å². The molecule has 1 amide bonds. The average molecular weight is 292 g/mol. The van der Waals surface area contributed by atoms with Crippen LogP contribution in [0.4, 0.5) is 0 Å². The average Bonchev–Trinajstić information content (AvgIpc) is 2.96. The van der Waals surface area contributed by atoms with Crippen molar-refractivity contribution in [2.24, 2.45) is 11.1 Å². The molecule has 0 radical (unpaired) electrons. The van der Waals surface area contributed by atoms with Crippen LogP contribution in [0.3, 0.4) is 0 Å². The molecule has 2 rings (SSSR count). The van der Waals surface area contributed by atoms with Crippen molar-refractivity contribution in [1.82, 2.24) is 5.32 Å². The minimum atomic E-state index is -0.645. The molecule has 1 saturated carbocycles. The molecule has 1 aliphatic carbocycles. The lowest BCUT2D eigenvalue weighted by Crippen LogP contribution is -2.46. The first-order chi connectivity index (χ1) is 9.58. The number of carbonyl (C=O) groups excluding carboxylic acids is 1. The van der Waals surface area contributed by atoms with Crippen LogP contribution in [-0.2, 0) is 11.3 Å². The van der Waals surface area contributed by atoms with Crippen LogP contribution in [0.15, 0.2) is 24.3 Å². The molecule has 108 valence electrons. The van der Waals surface area contributed by atoms with Crippen molar-refractivity contribution in [3.05, 3.63) is 29.8 Å². The van der Waals surface area contributed by atoms with Crippen molar-refractivity contribution in [2.75, 3.05) is 7.11 Å². The van der Waals surface area contributed by atoms with E-state index < -0.39 is 5.41 Å². The number of thiocarbonyl (C=S) groups is 1. The lowest BCUT2D eigenvalue weighted by Gasteiger charge is -2.26. The molecule has 0 atom stereocenters. The highest BCUT2D eigenvalue weighted by Gasteiger charge is 2.43. The molecular weight excluding hydrogens is 272 g/mol. The third kappa shape index (κ3) is 2.93. The van der Waals surface area contributed by atoms with Crippen LogP contribution in [0.1, 0.15) is 31.2 Å². The molecule has 4 nitrogen and oxygen atoms in total. The van der Waals surface area contributed by atoms with Gasteiger partial charge in [0, 0.05) is 6.54 Å². The van der Waals surface area contributed by atoms with E-state index in [2.05, 4.69) is 5.32 Å². The molecule has 1 aromatic carbocycles. The second-order valence-electron chi connectivity index (χ2n) is 5.19. The Labute approximate surface area is 124 Å². The largest absolute Gasteiger partial charge is 0.497 e. The molecule has 0 heterocycles. The Balaban J connectivity index is 2.02. The van der Waals surface area contributed by atoms with E-state index in [9.17, 15) is 4.79 Å². The molecule has 1 fully saturated rings. The molecule has 3 N–H and O–H groups in total. The van der Waals surface area contributed by atoms with Crippen LogP contribution < -0.4 is 15.8 Å². The topological polar surface area (TPSA) is 64.3 Å². The number of nitrogens with one attached hydrogen (secondary N) is 1. The second-order valence-corrected chi connectivity index (χ2v) is 5.63. The molecule has 0 saturated heterocycles. The SMILES string of the molecule is COc1cccc(CNC(=O)C2(C(N)=S)CCCC2)c1. The molecule has 1 aromatic rings. The standard InChI is InChI=1S/C15H20N2O2S/c1-19-12-6-4-5-11(9-12)10-17-14(18)15(13(16)20)7-2-3-8-15/h4-6,9H,2-3,7-8,10H2,1H3,(H2,16,20)(H,17,18). The molecular formula is C15H20N2O2S. The van der Waals surface area contributed by atoms with E-state index in [-0.39, 0.29) is 5.91 Å². The number of carbonyl (C=O) groups is 1. The zero-order chi connectivity index (χ0) is 14.6. The van der Waals surface area contributed by atoms with Crippen LogP contribution >= 0.6 is 12.2 Å². The Kier molecular flexibility index (Phi) is 4.60. The number of rotatable bonds is 5. The Morgan fingerprint density at radius 3 is 2.75 bits per heavy atom. The first kappa shape index (κ1) is 14.8. The van der Waals surface area contributed by atoms with Crippen molar-refractivity contribution in [3.63, 3.8) is 0 Å². The van der Waals surface area contributed by atoms with Crippen LogP contribution in [0.5, 0.6) is 5.75 Å². The third-order valence-corrected chi connectivity index (χ3v) is 4.34. The van der Waals surface area contributed by atoms with Gasteiger partial charge in [0.2, 0.25) is 5.91 Å². The van der Waals surface area contributed by atoms with Gasteiger partial charge in [-0.3, -0.25) is 4.79 Å². The summed E-state index contributed by atoms with van der Waals surface area (Å²) in [7, 11) is 1.62. The van der Waals surface area contributed by atoms with Gasteiger partial charge in [-0.25, -0.2) is 0 Å². The third-order valence-electron chi connectivity index (χ3n) is 3.95. The number of nitrogens with two attached hydrogens (primary N) is 1. The van der Waals surface area contributed by atoms with E-state index in [4.69, 9.17) is 22.7 Å². The predicted octanol–water partition coefficient (Wildman–Crippen LogP) is 2.16. The molecule has 1 aliphatic rings. The van der Waals surface area contributed by atoms with Crippen molar-refractivity contribution in [1.29, 1.82) is 0 Å². The van der Waals surface area contributed by atoms with Gasteiger partial charge in [0.05, 0.1) is 17.5 Å². The monoisotopic (exact) mass is 292 g/mol. The van der Waals surface area contributed by atoms with E-state index >= 15 is 0 Å². The second kappa shape index (κ2) is 6.22. The lowest BCUT2D eigenvalue weighted by molar-refractivity contribution is -0.127. The number of hydrogen-bond donors (Lipinski definition) is 2. The summed E-state index contributed by atoms with van der Waals surface area (Å²) < 4.78 is 5.17. The van der Waals surface area contributed by atoms with Crippen molar-refractivity contribution >= 4 is 23.1 Å². The molecule has 0 spiro atoms. The van der Waals surface area contributed by atoms with E-state index in [1.807, 2.05) is 24.3 Å².